The topological polar surface area (TPSA) is 76.3 Å². The fraction of sp³-hybridized carbons (Fsp3) is 0.333. The lowest BCUT2D eigenvalue weighted by molar-refractivity contribution is -0.124. The Labute approximate surface area is 101 Å². The summed E-state index contributed by atoms with van der Waals surface area (Å²) in [6.45, 7) is 2.32. The van der Waals surface area contributed by atoms with Crippen molar-refractivity contribution in [3.8, 4) is 0 Å². The molecule has 0 unspecified atom stereocenters. The van der Waals surface area contributed by atoms with Crippen molar-refractivity contribution in [1.82, 2.24) is 9.88 Å². The van der Waals surface area contributed by atoms with Crippen LogP contribution < -0.4 is 5.73 Å². The highest BCUT2D eigenvalue weighted by molar-refractivity contribution is 5.99. The number of nitrogens with two attached hydrogens (primary N) is 1. The summed E-state index contributed by atoms with van der Waals surface area (Å²) in [5, 5.41) is 0. The Kier molecular flexibility index (Phi) is 5.13. The van der Waals surface area contributed by atoms with E-state index in [9.17, 15) is 9.59 Å². The lowest BCUT2D eigenvalue weighted by Crippen LogP contribution is -2.41. The number of pyridine rings is 1. The third-order valence-corrected chi connectivity index (χ3v) is 2.23. The minimum atomic E-state index is -0.726. The second-order valence-corrected chi connectivity index (χ2v) is 3.58. The zero-order valence-electron chi connectivity index (χ0n) is 9.80. The van der Waals surface area contributed by atoms with Crippen molar-refractivity contribution >= 4 is 11.9 Å². The molecule has 1 heterocycles. The largest absolute Gasteiger partial charge is 0.351 e. The molecule has 5 nitrogen and oxygen atoms in total. The van der Waals surface area contributed by atoms with Gasteiger partial charge in [0, 0.05) is 12.7 Å². The van der Waals surface area contributed by atoms with E-state index in [-0.39, 0.29) is 0 Å². The van der Waals surface area contributed by atoms with Crippen LogP contribution in [0.5, 0.6) is 0 Å². The van der Waals surface area contributed by atoms with E-state index in [1.807, 2.05) is 6.92 Å². The van der Waals surface area contributed by atoms with Gasteiger partial charge in [-0.25, -0.2) is 4.79 Å². The second-order valence-electron chi connectivity index (χ2n) is 3.58. The molecule has 1 rings (SSSR count). The lowest BCUT2D eigenvalue weighted by atomic mass is 10.2. The van der Waals surface area contributed by atoms with E-state index >= 15 is 0 Å². The summed E-state index contributed by atoms with van der Waals surface area (Å²) in [5.41, 5.74) is 5.67. The molecule has 1 radical (unpaired) electrons. The van der Waals surface area contributed by atoms with E-state index in [1.165, 1.54) is 6.42 Å². The molecule has 0 aromatic carbocycles. The summed E-state index contributed by atoms with van der Waals surface area (Å²) >= 11 is 0. The number of aromatic nitrogens is 1. The maximum atomic E-state index is 11.8. The van der Waals surface area contributed by atoms with Gasteiger partial charge >= 0.3 is 6.03 Å². The minimum Gasteiger partial charge on any atom is -0.351 e. The van der Waals surface area contributed by atoms with Crippen molar-refractivity contribution in [3.05, 3.63) is 36.5 Å². The van der Waals surface area contributed by atoms with Crippen molar-refractivity contribution in [2.75, 3.05) is 6.54 Å². The number of amides is 3. The molecule has 1 aromatic rings. The van der Waals surface area contributed by atoms with Crippen LogP contribution in [0.25, 0.3) is 0 Å². The predicted octanol–water partition coefficient (Wildman–Crippen LogP) is 1.34. The van der Waals surface area contributed by atoms with E-state index in [2.05, 4.69) is 4.98 Å². The molecule has 0 spiro atoms. The molecule has 1 aromatic heterocycles. The van der Waals surface area contributed by atoms with Gasteiger partial charge in [-0.05, 0) is 18.6 Å². The van der Waals surface area contributed by atoms with E-state index in [4.69, 9.17) is 5.73 Å². The molecular formula is C12H16N3O2. The number of carbonyl (C=O) groups excluding carboxylic acids is 2. The maximum absolute atomic E-state index is 11.8. The number of rotatable bonds is 5. The molecule has 0 bridgehead atoms. The van der Waals surface area contributed by atoms with Gasteiger partial charge in [-0.2, -0.15) is 0 Å². The number of hydrogen-bond acceptors (Lipinski definition) is 3. The molecule has 0 saturated carbocycles. The van der Waals surface area contributed by atoms with Crippen LogP contribution in [0.3, 0.4) is 0 Å². The van der Waals surface area contributed by atoms with Crippen LogP contribution >= 0.6 is 0 Å². The molecule has 3 amide bonds. The van der Waals surface area contributed by atoms with Crippen molar-refractivity contribution in [2.24, 2.45) is 5.73 Å². The van der Waals surface area contributed by atoms with Crippen LogP contribution in [-0.4, -0.2) is 28.4 Å². The van der Waals surface area contributed by atoms with Gasteiger partial charge in [-0.15, -0.1) is 0 Å². The third-order valence-electron chi connectivity index (χ3n) is 2.23. The van der Waals surface area contributed by atoms with Gasteiger partial charge < -0.3 is 5.73 Å². The number of imide groups is 1. The quantitative estimate of drug-likeness (QED) is 0.835. The molecular weight excluding hydrogens is 218 g/mol. The highest BCUT2D eigenvalue weighted by Crippen LogP contribution is 2.03. The van der Waals surface area contributed by atoms with E-state index < -0.39 is 11.9 Å². The molecule has 0 fully saturated rings. The highest BCUT2D eigenvalue weighted by atomic mass is 16.2. The predicted molar refractivity (Wildman–Crippen MR) is 63.8 cm³/mol. The first-order valence-electron chi connectivity index (χ1n) is 5.52. The number of nitrogens with zero attached hydrogens (tertiary/aromatic N) is 2. The summed E-state index contributed by atoms with van der Waals surface area (Å²) in [6, 6.07) is 4.49. The Bertz CT molecular complexity index is 379. The monoisotopic (exact) mass is 234 g/mol. The first-order valence-corrected chi connectivity index (χ1v) is 5.52. The summed E-state index contributed by atoms with van der Waals surface area (Å²) in [7, 11) is 0. The molecule has 0 atom stereocenters. The number of hydrogen-bond donors (Lipinski definition) is 1. The van der Waals surface area contributed by atoms with E-state index in [0.717, 1.165) is 17.7 Å². The van der Waals surface area contributed by atoms with Crippen molar-refractivity contribution in [2.45, 2.75) is 19.8 Å². The fourth-order valence-corrected chi connectivity index (χ4v) is 1.31. The second kappa shape index (κ2) is 6.62. The number of carbonyl (C=O) groups is 2. The summed E-state index contributed by atoms with van der Waals surface area (Å²) < 4.78 is 0. The Morgan fingerprint density at radius 2 is 2.24 bits per heavy atom. The Morgan fingerprint density at radius 3 is 2.76 bits per heavy atom. The van der Waals surface area contributed by atoms with Crippen LogP contribution in [0.4, 0.5) is 4.79 Å². The van der Waals surface area contributed by atoms with Crippen molar-refractivity contribution < 1.29 is 9.59 Å². The summed E-state index contributed by atoms with van der Waals surface area (Å²) in [5.74, 6) is -0.426. The minimum absolute atomic E-state index is 0.341. The molecule has 0 aliphatic carbocycles. The lowest BCUT2D eigenvalue weighted by Gasteiger charge is -2.17. The smallest absolute Gasteiger partial charge is 0.321 e. The molecule has 5 heteroatoms. The van der Waals surface area contributed by atoms with E-state index in [0.29, 0.717) is 12.2 Å². The SMILES string of the molecule is CCCCN(C(N)=O)C(=O)[CH]c1ccccn1. The van der Waals surface area contributed by atoms with Crippen molar-refractivity contribution in [3.63, 3.8) is 0 Å². The fourth-order valence-electron chi connectivity index (χ4n) is 1.31. The molecule has 0 aliphatic heterocycles. The van der Waals surface area contributed by atoms with Crippen LogP contribution in [-0.2, 0) is 4.79 Å². The van der Waals surface area contributed by atoms with Gasteiger partial charge in [0.2, 0.25) is 5.91 Å². The molecule has 17 heavy (non-hydrogen) atoms. The van der Waals surface area contributed by atoms with Crippen LogP contribution in [0.2, 0.25) is 0 Å². The highest BCUT2D eigenvalue weighted by Gasteiger charge is 2.18. The Hall–Kier alpha value is -1.91. The van der Waals surface area contributed by atoms with E-state index in [1.54, 1.807) is 24.4 Å². The summed E-state index contributed by atoms with van der Waals surface area (Å²) in [6.07, 6.45) is 4.52. The first kappa shape index (κ1) is 13.2. The molecule has 91 valence electrons. The first-order chi connectivity index (χ1) is 8.15. The van der Waals surface area contributed by atoms with Crippen LogP contribution in [0, 0.1) is 6.42 Å². The van der Waals surface area contributed by atoms with Crippen LogP contribution in [0.15, 0.2) is 24.4 Å². The number of unbranched alkanes of at least 4 members (excludes halogenated alkanes) is 1. The molecule has 0 aliphatic rings. The summed E-state index contributed by atoms with van der Waals surface area (Å²) in [4.78, 5) is 27.9. The zero-order chi connectivity index (χ0) is 12.7. The average molecular weight is 234 g/mol. The van der Waals surface area contributed by atoms with Crippen LogP contribution in [0.1, 0.15) is 25.5 Å². The molecule has 2 N–H and O–H groups in total. The number of primary amides is 1. The Balaban J connectivity index is 2.62. The average Bonchev–Trinajstić information content (AvgIpc) is 2.30. The van der Waals surface area contributed by atoms with Crippen molar-refractivity contribution in [1.29, 1.82) is 0 Å². The number of urea groups is 1. The van der Waals surface area contributed by atoms with Gasteiger partial charge in [0.25, 0.3) is 0 Å². The van der Waals surface area contributed by atoms with Gasteiger partial charge in [-0.1, -0.05) is 19.4 Å². The normalized spacial score (nSPS) is 9.94. The molecule has 0 saturated heterocycles. The third kappa shape index (κ3) is 4.22. The van der Waals surface area contributed by atoms with Gasteiger partial charge in [-0.3, -0.25) is 14.7 Å². The van der Waals surface area contributed by atoms with Gasteiger partial charge in [0.1, 0.15) is 0 Å². The Morgan fingerprint density at radius 1 is 1.47 bits per heavy atom. The maximum Gasteiger partial charge on any atom is 0.321 e. The van der Waals surface area contributed by atoms with Gasteiger partial charge in [0.15, 0.2) is 0 Å². The zero-order valence-corrected chi connectivity index (χ0v) is 9.80. The van der Waals surface area contributed by atoms with Gasteiger partial charge in [0.05, 0.1) is 12.1 Å². The standard InChI is InChI=1S/C12H16N3O2/c1-2-3-8-15(12(13)17)11(16)9-10-6-4-5-7-14-10/h4-7,9H,2-3,8H2,1H3,(H2,13,17).